The maximum atomic E-state index is 12.1. The fourth-order valence-electron chi connectivity index (χ4n) is 1.68. The number of phenolic OH excluding ortho intramolecular Hbond substituents is 1. The molecule has 6 nitrogen and oxygen atoms in total. The molecule has 3 N–H and O–H groups in total. The van der Waals surface area contributed by atoms with Crippen molar-refractivity contribution in [3.63, 3.8) is 0 Å². The zero-order valence-electron chi connectivity index (χ0n) is 12.0. The van der Waals surface area contributed by atoms with Gasteiger partial charge in [0.15, 0.2) is 0 Å². The summed E-state index contributed by atoms with van der Waals surface area (Å²) in [6, 6.07) is 5.82. The SMILES string of the molecule is CN(C)C(=O)CN(C)C(=O)[C@@H](N)Cc1ccc(O)cc1. The molecule has 0 bridgehead atoms. The zero-order chi connectivity index (χ0) is 15.3. The molecule has 110 valence electrons. The number of nitrogens with zero attached hydrogens (tertiary/aromatic N) is 2. The van der Waals surface area contributed by atoms with E-state index in [4.69, 9.17) is 5.73 Å². The number of rotatable bonds is 5. The van der Waals surface area contributed by atoms with Gasteiger partial charge in [0.2, 0.25) is 11.8 Å². The highest BCUT2D eigenvalue weighted by atomic mass is 16.3. The minimum Gasteiger partial charge on any atom is -0.508 e. The van der Waals surface area contributed by atoms with E-state index in [-0.39, 0.29) is 24.1 Å². The third-order valence-electron chi connectivity index (χ3n) is 2.96. The molecule has 0 saturated carbocycles. The standard InChI is InChI=1S/C14H21N3O3/c1-16(2)13(19)9-17(3)14(20)12(15)8-10-4-6-11(18)7-5-10/h4-7,12,18H,8-9,15H2,1-3H3/t12-/m0/s1. The summed E-state index contributed by atoms with van der Waals surface area (Å²) in [4.78, 5) is 26.3. The number of hydrogen-bond acceptors (Lipinski definition) is 4. The van der Waals surface area contributed by atoms with E-state index in [2.05, 4.69) is 0 Å². The lowest BCUT2D eigenvalue weighted by molar-refractivity contribution is -0.138. The minimum atomic E-state index is -0.709. The first-order valence-electron chi connectivity index (χ1n) is 6.30. The van der Waals surface area contributed by atoms with Crippen LogP contribution in [0.3, 0.4) is 0 Å². The van der Waals surface area contributed by atoms with Gasteiger partial charge in [-0.25, -0.2) is 0 Å². The Kier molecular flexibility index (Phi) is 5.52. The molecule has 1 aromatic rings. The van der Waals surface area contributed by atoms with Crippen molar-refractivity contribution in [3.8, 4) is 5.75 Å². The Morgan fingerprint density at radius 2 is 1.75 bits per heavy atom. The minimum absolute atomic E-state index is 0.00904. The van der Waals surface area contributed by atoms with Gasteiger partial charge in [0.1, 0.15) is 5.75 Å². The Morgan fingerprint density at radius 3 is 2.25 bits per heavy atom. The molecule has 0 unspecified atom stereocenters. The lowest BCUT2D eigenvalue weighted by Crippen LogP contribution is -2.46. The number of carbonyl (C=O) groups is 2. The van der Waals surface area contributed by atoms with Gasteiger partial charge in [-0.1, -0.05) is 12.1 Å². The number of aromatic hydroxyl groups is 1. The number of nitrogens with two attached hydrogens (primary N) is 1. The van der Waals surface area contributed by atoms with Crippen molar-refractivity contribution < 1.29 is 14.7 Å². The van der Waals surface area contributed by atoms with E-state index in [9.17, 15) is 14.7 Å². The van der Waals surface area contributed by atoms with Crippen molar-refractivity contribution in [1.29, 1.82) is 0 Å². The lowest BCUT2D eigenvalue weighted by Gasteiger charge is -2.22. The van der Waals surface area contributed by atoms with Crippen molar-refractivity contribution >= 4 is 11.8 Å². The summed E-state index contributed by atoms with van der Waals surface area (Å²) in [6.45, 7) is 0.00904. The monoisotopic (exact) mass is 279 g/mol. The first-order chi connectivity index (χ1) is 9.31. The molecule has 0 aliphatic rings. The molecular weight excluding hydrogens is 258 g/mol. The molecule has 2 amide bonds. The molecule has 0 heterocycles. The molecule has 6 heteroatoms. The molecular formula is C14H21N3O3. The van der Waals surface area contributed by atoms with Crippen LogP contribution in [0.25, 0.3) is 0 Å². The first kappa shape index (κ1) is 16.0. The molecule has 1 rings (SSSR count). The number of hydrogen-bond donors (Lipinski definition) is 2. The maximum Gasteiger partial charge on any atom is 0.241 e. The summed E-state index contributed by atoms with van der Waals surface area (Å²) in [7, 11) is 4.83. The van der Waals surface area contributed by atoms with Crippen molar-refractivity contribution in [2.75, 3.05) is 27.7 Å². The predicted molar refractivity (Wildman–Crippen MR) is 76.1 cm³/mol. The van der Waals surface area contributed by atoms with Crippen molar-refractivity contribution in [1.82, 2.24) is 9.80 Å². The Labute approximate surface area is 118 Å². The summed E-state index contributed by atoms with van der Waals surface area (Å²) < 4.78 is 0. The van der Waals surface area contributed by atoms with Gasteiger partial charge < -0.3 is 20.6 Å². The average molecular weight is 279 g/mol. The number of phenols is 1. The normalized spacial score (nSPS) is 11.8. The van der Waals surface area contributed by atoms with Crippen LogP contribution in [0.2, 0.25) is 0 Å². The van der Waals surface area contributed by atoms with E-state index in [1.165, 1.54) is 9.80 Å². The van der Waals surface area contributed by atoms with Crippen LogP contribution >= 0.6 is 0 Å². The van der Waals surface area contributed by atoms with Crippen LogP contribution in [0.4, 0.5) is 0 Å². The van der Waals surface area contributed by atoms with Gasteiger partial charge in [0, 0.05) is 21.1 Å². The van der Waals surface area contributed by atoms with Gasteiger partial charge in [-0.15, -0.1) is 0 Å². The lowest BCUT2D eigenvalue weighted by atomic mass is 10.1. The van der Waals surface area contributed by atoms with Crippen LogP contribution in [0.5, 0.6) is 5.75 Å². The molecule has 0 fully saturated rings. The highest BCUT2D eigenvalue weighted by Gasteiger charge is 2.20. The quantitative estimate of drug-likeness (QED) is 0.782. The second-order valence-electron chi connectivity index (χ2n) is 4.96. The average Bonchev–Trinajstić information content (AvgIpc) is 2.40. The zero-order valence-corrected chi connectivity index (χ0v) is 12.0. The number of amides is 2. The van der Waals surface area contributed by atoms with E-state index in [0.29, 0.717) is 6.42 Å². The van der Waals surface area contributed by atoms with Crippen LogP contribution in [-0.4, -0.2) is 60.5 Å². The molecule has 20 heavy (non-hydrogen) atoms. The summed E-state index contributed by atoms with van der Waals surface area (Å²) in [6.07, 6.45) is 0.361. The van der Waals surface area contributed by atoms with Gasteiger partial charge in [-0.05, 0) is 24.1 Å². The maximum absolute atomic E-state index is 12.1. The molecule has 0 aromatic heterocycles. The van der Waals surface area contributed by atoms with Gasteiger partial charge in [0.25, 0.3) is 0 Å². The number of benzene rings is 1. The predicted octanol–water partition coefficient (Wildman–Crippen LogP) is -0.191. The van der Waals surface area contributed by atoms with Gasteiger partial charge in [-0.3, -0.25) is 9.59 Å². The largest absolute Gasteiger partial charge is 0.508 e. The Morgan fingerprint density at radius 1 is 1.20 bits per heavy atom. The van der Waals surface area contributed by atoms with Gasteiger partial charge in [0.05, 0.1) is 12.6 Å². The Balaban J connectivity index is 2.58. The third-order valence-corrected chi connectivity index (χ3v) is 2.96. The van der Waals surface area contributed by atoms with Crippen molar-refractivity contribution in [2.45, 2.75) is 12.5 Å². The fraction of sp³-hybridized carbons (Fsp3) is 0.429. The van der Waals surface area contributed by atoms with Crippen molar-refractivity contribution in [3.05, 3.63) is 29.8 Å². The summed E-state index contributed by atoms with van der Waals surface area (Å²) in [5, 5.41) is 9.19. The smallest absolute Gasteiger partial charge is 0.241 e. The van der Waals surface area contributed by atoms with Crippen molar-refractivity contribution in [2.24, 2.45) is 5.73 Å². The second kappa shape index (κ2) is 6.91. The highest BCUT2D eigenvalue weighted by molar-refractivity contribution is 5.87. The van der Waals surface area contributed by atoms with E-state index in [1.54, 1.807) is 45.4 Å². The van der Waals surface area contributed by atoms with E-state index >= 15 is 0 Å². The highest BCUT2D eigenvalue weighted by Crippen LogP contribution is 2.11. The topological polar surface area (TPSA) is 86.9 Å². The Bertz CT molecular complexity index is 471. The number of carbonyl (C=O) groups excluding carboxylic acids is 2. The van der Waals surface area contributed by atoms with Crippen LogP contribution in [-0.2, 0) is 16.0 Å². The van der Waals surface area contributed by atoms with Crippen LogP contribution in [0.15, 0.2) is 24.3 Å². The van der Waals surface area contributed by atoms with E-state index < -0.39 is 6.04 Å². The Hall–Kier alpha value is -2.08. The second-order valence-corrected chi connectivity index (χ2v) is 4.96. The molecule has 0 aliphatic heterocycles. The summed E-state index contributed by atoms with van der Waals surface area (Å²) >= 11 is 0. The van der Waals surface area contributed by atoms with Gasteiger partial charge >= 0.3 is 0 Å². The van der Waals surface area contributed by atoms with Crippen LogP contribution in [0.1, 0.15) is 5.56 Å². The molecule has 0 spiro atoms. The summed E-state index contributed by atoms with van der Waals surface area (Å²) in [5.41, 5.74) is 6.72. The molecule has 0 saturated heterocycles. The summed E-state index contributed by atoms with van der Waals surface area (Å²) in [5.74, 6) is -0.270. The van der Waals surface area contributed by atoms with Gasteiger partial charge in [-0.2, -0.15) is 0 Å². The first-order valence-corrected chi connectivity index (χ1v) is 6.30. The molecule has 1 atom stereocenters. The fourth-order valence-corrected chi connectivity index (χ4v) is 1.68. The molecule has 0 radical (unpaired) electrons. The van der Waals surface area contributed by atoms with Crippen LogP contribution < -0.4 is 5.73 Å². The van der Waals surface area contributed by atoms with E-state index in [0.717, 1.165) is 5.56 Å². The van der Waals surface area contributed by atoms with E-state index in [1.807, 2.05) is 0 Å². The van der Waals surface area contributed by atoms with Crippen LogP contribution in [0, 0.1) is 0 Å². The third kappa shape index (κ3) is 4.55. The molecule has 0 aliphatic carbocycles. The number of likely N-dealkylation sites (N-methyl/N-ethyl adjacent to an activating group) is 2. The molecule has 1 aromatic carbocycles.